The van der Waals surface area contributed by atoms with E-state index in [2.05, 4.69) is 15.5 Å². The third kappa shape index (κ3) is 4.41. The molecule has 3 heterocycles. The third-order valence-electron chi connectivity index (χ3n) is 8.45. The summed E-state index contributed by atoms with van der Waals surface area (Å²) in [6, 6.07) is 11.7. The molecule has 8 heteroatoms. The van der Waals surface area contributed by atoms with E-state index in [4.69, 9.17) is 9.47 Å². The maximum absolute atomic E-state index is 13.3. The average Bonchev–Trinajstić information content (AvgIpc) is 3.20. The second-order valence-corrected chi connectivity index (χ2v) is 10.6. The first kappa shape index (κ1) is 24.8. The number of carbonyl (C=O) groups is 2. The van der Waals surface area contributed by atoms with Crippen LogP contribution in [0.3, 0.4) is 0 Å². The van der Waals surface area contributed by atoms with E-state index in [1.54, 1.807) is 13.2 Å². The standard InChI is InChI=1S/C30H35N3O5/c1-37-22-8-10-24-25(18-22)32(19-27(34)31-13-15-38-16-14-31)11-12-33-26-17-21(30(35)36)7-9-23(26)28(29(24)33)20-5-3-2-4-6-20/h7-10,17-18,20H,2-6,11-16,19H2,1H3,(H,35,36). The molecule has 1 N–H and O–H groups in total. The number of aromatic nitrogens is 1. The summed E-state index contributed by atoms with van der Waals surface area (Å²) < 4.78 is 13.4. The van der Waals surface area contributed by atoms with E-state index in [1.807, 2.05) is 29.2 Å². The Morgan fingerprint density at radius 3 is 2.53 bits per heavy atom. The van der Waals surface area contributed by atoms with Gasteiger partial charge < -0.3 is 28.9 Å². The Morgan fingerprint density at radius 2 is 1.79 bits per heavy atom. The van der Waals surface area contributed by atoms with Crippen LogP contribution in [0.1, 0.15) is 53.9 Å². The Morgan fingerprint density at radius 1 is 1.00 bits per heavy atom. The van der Waals surface area contributed by atoms with Crippen LogP contribution in [0, 0.1) is 0 Å². The fourth-order valence-corrected chi connectivity index (χ4v) is 6.52. The summed E-state index contributed by atoms with van der Waals surface area (Å²) in [4.78, 5) is 29.3. The fourth-order valence-electron chi connectivity index (χ4n) is 6.52. The van der Waals surface area contributed by atoms with Crippen LogP contribution in [0.15, 0.2) is 36.4 Å². The first-order chi connectivity index (χ1) is 18.5. The number of nitrogens with zero attached hydrogens (tertiary/aromatic N) is 3. The molecule has 38 heavy (non-hydrogen) atoms. The topological polar surface area (TPSA) is 84.2 Å². The molecule has 0 bridgehead atoms. The summed E-state index contributed by atoms with van der Waals surface area (Å²) in [7, 11) is 1.67. The van der Waals surface area contributed by atoms with E-state index >= 15 is 0 Å². The van der Waals surface area contributed by atoms with E-state index in [0.717, 1.165) is 46.4 Å². The van der Waals surface area contributed by atoms with Crippen molar-refractivity contribution in [3.63, 3.8) is 0 Å². The number of anilines is 1. The predicted molar refractivity (Wildman–Crippen MR) is 146 cm³/mol. The Labute approximate surface area is 222 Å². The molecular formula is C30H35N3O5. The van der Waals surface area contributed by atoms with Crippen LogP contribution in [0.25, 0.3) is 22.2 Å². The maximum Gasteiger partial charge on any atom is 0.335 e. The van der Waals surface area contributed by atoms with Gasteiger partial charge in [-0.2, -0.15) is 0 Å². The minimum Gasteiger partial charge on any atom is -0.497 e. The molecule has 0 radical (unpaired) electrons. The Hall–Kier alpha value is -3.52. The van der Waals surface area contributed by atoms with Crippen LogP contribution in [-0.2, 0) is 16.1 Å². The molecule has 3 aliphatic rings. The minimum absolute atomic E-state index is 0.0965. The van der Waals surface area contributed by atoms with Crippen LogP contribution in [-0.4, -0.2) is 73.0 Å². The summed E-state index contributed by atoms with van der Waals surface area (Å²) in [5.74, 6) is 0.358. The molecule has 1 saturated carbocycles. The van der Waals surface area contributed by atoms with E-state index in [-0.39, 0.29) is 12.5 Å². The lowest BCUT2D eigenvalue weighted by Crippen LogP contribution is -2.46. The lowest BCUT2D eigenvalue weighted by atomic mass is 9.81. The van der Waals surface area contributed by atoms with Crippen LogP contribution in [0.4, 0.5) is 5.69 Å². The number of aromatic carboxylic acids is 1. The summed E-state index contributed by atoms with van der Waals surface area (Å²) in [6.07, 6.45) is 5.95. The van der Waals surface area contributed by atoms with Crippen molar-refractivity contribution in [3.05, 3.63) is 47.5 Å². The molecule has 3 aromatic rings. The van der Waals surface area contributed by atoms with Gasteiger partial charge in [0.1, 0.15) is 5.75 Å². The highest BCUT2D eigenvalue weighted by molar-refractivity contribution is 6.00. The summed E-state index contributed by atoms with van der Waals surface area (Å²) in [5, 5.41) is 10.9. The molecule has 0 atom stereocenters. The lowest BCUT2D eigenvalue weighted by molar-refractivity contribution is -0.133. The molecule has 0 spiro atoms. The number of hydrogen-bond donors (Lipinski definition) is 1. The van der Waals surface area contributed by atoms with Gasteiger partial charge in [-0.05, 0) is 48.6 Å². The molecule has 1 aromatic heterocycles. The second-order valence-electron chi connectivity index (χ2n) is 10.6. The highest BCUT2D eigenvalue weighted by Gasteiger charge is 2.32. The van der Waals surface area contributed by atoms with E-state index < -0.39 is 5.97 Å². The number of hydrogen-bond acceptors (Lipinski definition) is 5. The van der Waals surface area contributed by atoms with Crippen LogP contribution in [0.2, 0.25) is 0 Å². The van der Waals surface area contributed by atoms with Crippen molar-refractivity contribution in [2.45, 2.75) is 44.6 Å². The van der Waals surface area contributed by atoms with Crippen molar-refractivity contribution in [2.75, 3.05) is 51.4 Å². The van der Waals surface area contributed by atoms with Crippen molar-refractivity contribution in [3.8, 4) is 17.0 Å². The summed E-state index contributed by atoms with van der Waals surface area (Å²) in [6.45, 7) is 3.96. The van der Waals surface area contributed by atoms with Gasteiger partial charge in [0.05, 0.1) is 43.8 Å². The van der Waals surface area contributed by atoms with Crippen molar-refractivity contribution < 1.29 is 24.2 Å². The van der Waals surface area contributed by atoms with Gasteiger partial charge in [0.15, 0.2) is 0 Å². The first-order valence-corrected chi connectivity index (χ1v) is 13.7. The second kappa shape index (κ2) is 10.3. The number of morpholine rings is 1. The van der Waals surface area contributed by atoms with Crippen LogP contribution < -0.4 is 9.64 Å². The van der Waals surface area contributed by atoms with Gasteiger partial charge in [-0.25, -0.2) is 4.79 Å². The normalized spacial score (nSPS) is 18.1. The third-order valence-corrected chi connectivity index (χ3v) is 8.45. The zero-order valence-electron chi connectivity index (χ0n) is 21.9. The van der Waals surface area contributed by atoms with E-state index in [9.17, 15) is 14.7 Å². The van der Waals surface area contributed by atoms with Crippen molar-refractivity contribution in [2.24, 2.45) is 0 Å². The molecule has 8 nitrogen and oxygen atoms in total. The highest BCUT2D eigenvalue weighted by Crippen LogP contribution is 2.48. The minimum atomic E-state index is -0.918. The number of fused-ring (bicyclic) bond motifs is 5. The van der Waals surface area contributed by atoms with Gasteiger partial charge in [-0.15, -0.1) is 0 Å². The zero-order valence-corrected chi connectivity index (χ0v) is 21.9. The van der Waals surface area contributed by atoms with E-state index in [1.165, 1.54) is 24.8 Å². The number of carbonyl (C=O) groups excluding carboxylic acids is 1. The Bertz CT molecular complexity index is 1370. The largest absolute Gasteiger partial charge is 0.497 e. The maximum atomic E-state index is 13.3. The number of amides is 1. The summed E-state index contributed by atoms with van der Waals surface area (Å²) >= 11 is 0. The van der Waals surface area contributed by atoms with Crippen molar-refractivity contribution in [1.82, 2.24) is 9.47 Å². The van der Waals surface area contributed by atoms with Crippen LogP contribution in [0.5, 0.6) is 5.75 Å². The molecule has 2 aromatic carbocycles. The molecule has 2 fully saturated rings. The van der Waals surface area contributed by atoms with Gasteiger partial charge in [0.25, 0.3) is 0 Å². The van der Waals surface area contributed by atoms with Crippen molar-refractivity contribution in [1.29, 1.82) is 0 Å². The number of carboxylic acids is 1. The van der Waals surface area contributed by atoms with Gasteiger partial charge >= 0.3 is 5.97 Å². The number of ether oxygens (including phenoxy) is 2. The lowest BCUT2D eigenvalue weighted by Gasteiger charge is -2.31. The van der Waals surface area contributed by atoms with E-state index in [0.29, 0.717) is 50.9 Å². The average molecular weight is 518 g/mol. The number of methoxy groups -OCH3 is 1. The molecule has 1 aliphatic carbocycles. The number of rotatable bonds is 5. The number of benzene rings is 2. The predicted octanol–water partition coefficient (Wildman–Crippen LogP) is 4.74. The first-order valence-electron chi connectivity index (χ1n) is 13.7. The van der Waals surface area contributed by atoms with Gasteiger partial charge in [-0.1, -0.05) is 25.3 Å². The Balaban J connectivity index is 1.51. The molecular weight excluding hydrogens is 482 g/mol. The number of carboxylic acid groups (broad SMARTS) is 1. The van der Waals surface area contributed by atoms with Crippen LogP contribution >= 0.6 is 0 Å². The Kier molecular flexibility index (Phi) is 6.74. The fraction of sp³-hybridized carbons (Fsp3) is 0.467. The quantitative estimate of drug-likeness (QED) is 0.526. The summed E-state index contributed by atoms with van der Waals surface area (Å²) in [5.41, 5.74) is 5.81. The van der Waals surface area contributed by atoms with Crippen molar-refractivity contribution >= 4 is 28.5 Å². The smallest absolute Gasteiger partial charge is 0.335 e. The molecule has 200 valence electrons. The SMILES string of the molecule is COc1ccc2c(c1)N(CC(=O)N1CCOCC1)CCn1c-2c(C2CCCCC2)c2ccc(C(=O)O)cc21. The van der Waals surface area contributed by atoms with Gasteiger partial charge in [0.2, 0.25) is 5.91 Å². The molecule has 2 aliphatic heterocycles. The molecule has 1 saturated heterocycles. The van der Waals surface area contributed by atoms with Gasteiger partial charge in [-0.3, -0.25) is 4.79 Å². The monoisotopic (exact) mass is 517 g/mol. The zero-order chi connectivity index (χ0) is 26.2. The highest BCUT2D eigenvalue weighted by atomic mass is 16.5. The molecule has 6 rings (SSSR count). The molecule has 1 amide bonds. The van der Waals surface area contributed by atoms with Gasteiger partial charge in [0, 0.05) is 48.7 Å². The molecule has 0 unspecified atom stereocenters.